The first kappa shape index (κ1) is 21.5. The number of esters is 1. The first-order valence-corrected chi connectivity index (χ1v) is 11.2. The summed E-state index contributed by atoms with van der Waals surface area (Å²) in [6.07, 6.45) is 0.830. The molecule has 2 aliphatic heterocycles. The predicted molar refractivity (Wildman–Crippen MR) is 116 cm³/mol. The zero-order valence-electron chi connectivity index (χ0n) is 17.4. The van der Waals surface area contributed by atoms with Crippen LogP contribution in [0.2, 0.25) is 0 Å². The van der Waals surface area contributed by atoms with Crippen LogP contribution in [0.4, 0.5) is 5.69 Å². The minimum atomic E-state index is -0.494. The molecule has 0 atom stereocenters. The highest BCUT2D eigenvalue weighted by molar-refractivity contribution is 8.00. The molecule has 0 bridgehead atoms. The zero-order valence-corrected chi connectivity index (χ0v) is 18.2. The Morgan fingerprint density at radius 1 is 1.10 bits per heavy atom. The number of ether oxygens (including phenoxy) is 1. The van der Waals surface area contributed by atoms with Crippen LogP contribution in [0.25, 0.3) is 0 Å². The number of para-hydroxylation sites is 1. The van der Waals surface area contributed by atoms with E-state index in [4.69, 9.17) is 4.42 Å². The third-order valence-electron chi connectivity index (χ3n) is 5.47. The fourth-order valence-electron chi connectivity index (χ4n) is 3.83. The fourth-order valence-corrected chi connectivity index (χ4v) is 4.77. The predicted octanol–water partition coefficient (Wildman–Crippen LogP) is 2.24. The Balaban J connectivity index is 1.34. The summed E-state index contributed by atoms with van der Waals surface area (Å²) in [4.78, 5) is 43.7. The van der Waals surface area contributed by atoms with Gasteiger partial charge in [0.25, 0.3) is 0 Å². The van der Waals surface area contributed by atoms with Crippen LogP contribution in [0.15, 0.2) is 45.7 Å². The summed E-state index contributed by atoms with van der Waals surface area (Å²) in [6.45, 7) is 3.38. The van der Waals surface area contributed by atoms with E-state index in [-0.39, 0.29) is 24.1 Å². The van der Waals surface area contributed by atoms with Crippen molar-refractivity contribution in [3.05, 3.63) is 47.9 Å². The summed E-state index contributed by atoms with van der Waals surface area (Å²) >= 11 is 1.51. The van der Waals surface area contributed by atoms with E-state index in [0.29, 0.717) is 37.7 Å². The van der Waals surface area contributed by atoms with Gasteiger partial charge in [-0.15, -0.1) is 11.8 Å². The number of furan rings is 1. The lowest BCUT2D eigenvalue weighted by molar-refractivity contribution is -0.131. The van der Waals surface area contributed by atoms with E-state index >= 15 is 0 Å². The highest BCUT2D eigenvalue weighted by Crippen LogP contribution is 2.34. The van der Waals surface area contributed by atoms with E-state index in [1.807, 2.05) is 29.2 Å². The molecule has 9 heteroatoms. The lowest BCUT2D eigenvalue weighted by Crippen LogP contribution is -2.46. The molecule has 2 amide bonds. The van der Waals surface area contributed by atoms with Crippen molar-refractivity contribution in [1.82, 2.24) is 9.80 Å². The molecular formula is C22H25N3O5S. The normalized spacial score (nSPS) is 17.3. The number of benzene rings is 1. The zero-order chi connectivity index (χ0) is 21.8. The molecule has 1 aromatic carbocycles. The van der Waals surface area contributed by atoms with Crippen molar-refractivity contribution in [2.45, 2.75) is 17.9 Å². The monoisotopic (exact) mass is 443 g/mol. The molecule has 4 rings (SSSR count). The maximum Gasteiger partial charge on any atom is 0.373 e. The molecular weight excluding hydrogens is 418 g/mol. The summed E-state index contributed by atoms with van der Waals surface area (Å²) in [6, 6.07) is 11.1. The van der Waals surface area contributed by atoms with E-state index in [9.17, 15) is 14.4 Å². The van der Waals surface area contributed by atoms with E-state index < -0.39 is 5.97 Å². The molecule has 0 radical (unpaired) electrons. The smallest absolute Gasteiger partial charge is 0.373 e. The van der Waals surface area contributed by atoms with E-state index in [2.05, 4.69) is 9.64 Å². The lowest BCUT2D eigenvalue weighted by atomic mass is 10.2. The number of carbonyl (C=O) groups excluding carboxylic acids is 3. The van der Waals surface area contributed by atoms with Gasteiger partial charge in [-0.1, -0.05) is 12.1 Å². The highest BCUT2D eigenvalue weighted by Gasteiger charge is 2.29. The fraction of sp³-hybridized carbons (Fsp3) is 0.409. The molecule has 3 heterocycles. The van der Waals surface area contributed by atoms with Crippen LogP contribution in [0.1, 0.15) is 22.7 Å². The van der Waals surface area contributed by atoms with Crippen molar-refractivity contribution in [3.63, 3.8) is 0 Å². The first-order chi connectivity index (χ1) is 15.0. The highest BCUT2D eigenvalue weighted by atomic mass is 32.2. The Hall–Kier alpha value is -2.78. The van der Waals surface area contributed by atoms with Crippen LogP contribution in [-0.4, -0.2) is 73.2 Å². The second-order valence-corrected chi connectivity index (χ2v) is 8.52. The second-order valence-electron chi connectivity index (χ2n) is 7.50. The van der Waals surface area contributed by atoms with Crippen molar-refractivity contribution in [2.24, 2.45) is 0 Å². The number of methoxy groups -OCH3 is 1. The van der Waals surface area contributed by atoms with Gasteiger partial charge in [-0.05, 0) is 30.7 Å². The van der Waals surface area contributed by atoms with Crippen LogP contribution in [0, 0.1) is 0 Å². The molecule has 2 aliphatic rings. The number of thioether (sulfide) groups is 1. The SMILES string of the molecule is COC(=O)c1ccc(CN2CCCN(C(=O)CN3C(=O)CSc4ccccc43)CC2)o1. The van der Waals surface area contributed by atoms with Gasteiger partial charge in [0.05, 0.1) is 25.1 Å². The van der Waals surface area contributed by atoms with Crippen molar-refractivity contribution < 1.29 is 23.5 Å². The van der Waals surface area contributed by atoms with Gasteiger partial charge in [0.1, 0.15) is 12.3 Å². The average Bonchev–Trinajstić information content (AvgIpc) is 3.12. The minimum Gasteiger partial charge on any atom is -0.463 e. The Morgan fingerprint density at radius 2 is 1.94 bits per heavy atom. The van der Waals surface area contributed by atoms with Crippen molar-refractivity contribution in [1.29, 1.82) is 0 Å². The Morgan fingerprint density at radius 3 is 2.77 bits per heavy atom. The van der Waals surface area contributed by atoms with Gasteiger partial charge in [-0.3, -0.25) is 14.5 Å². The van der Waals surface area contributed by atoms with Crippen LogP contribution in [0.3, 0.4) is 0 Å². The first-order valence-electron chi connectivity index (χ1n) is 10.2. The van der Waals surface area contributed by atoms with Crippen molar-refractivity contribution in [2.75, 3.05) is 50.5 Å². The summed E-state index contributed by atoms with van der Waals surface area (Å²) in [7, 11) is 1.32. The molecule has 164 valence electrons. The van der Waals surface area contributed by atoms with Crippen molar-refractivity contribution >= 4 is 35.2 Å². The lowest BCUT2D eigenvalue weighted by Gasteiger charge is -2.30. The van der Waals surface area contributed by atoms with Gasteiger partial charge in [0.2, 0.25) is 17.6 Å². The van der Waals surface area contributed by atoms with Crippen molar-refractivity contribution in [3.8, 4) is 0 Å². The molecule has 0 N–H and O–H groups in total. The topological polar surface area (TPSA) is 83.3 Å². The van der Waals surface area contributed by atoms with Gasteiger partial charge < -0.3 is 19.0 Å². The van der Waals surface area contributed by atoms with Crippen LogP contribution in [0.5, 0.6) is 0 Å². The van der Waals surface area contributed by atoms with Crippen LogP contribution in [-0.2, 0) is 20.9 Å². The average molecular weight is 444 g/mol. The molecule has 1 saturated heterocycles. The number of nitrogens with zero attached hydrogens (tertiary/aromatic N) is 3. The summed E-state index contributed by atoms with van der Waals surface area (Å²) in [5, 5.41) is 0. The molecule has 0 aliphatic carbocycles. The number of amides is 2. The molecule has 8 nitrogen and oxygen atoms in total. The number of hydrogen-bond donors (Lipinski definition) is 0. The minimum absolute atomic E-state index is 0.0345. The van der Waals surface area contributed by atoms with Gasteiger partial charge in [-0.25, -0.2) is 4.79 Å². The third kappa shape index (κ3) is 4.94. The van der Waals surface area contributed by atoms with Crippen LogP contribution >= 0.6 is 11.8 Å². The number of anilines is 1. The second kappa shape index (κ2) is 9.57. The molecule has 0 saturated carbocycles. The third-order valence-corrected chi connectivity index (χ3v) is 6.52. The molecule has 0 spiro atoms. The summed E-state index contributed by atoms with van der Waals surface area (Å²) in [5.74, 6) is 0.665. The standard InChI is InChI=1S/C22H25N3O5S/c1-29-22(28)18-8-7-16(30-18)13-23-9-4-10-24(12-11-23)20(26)14-25-17-5-2-3-6-19(17)31-15-21(25)27/h2-3,5-8H,4,9-15H2,1H3. The van der Waals surface area contributed by atoms with E-state index in [1.165, 1.54) is 18.9 Å². The summed E-state index contributed by atoms with van der Waals surface area (Å²) in [5.41, 5.74) is 0.813. The van der Waals surface area contributed by atoms with Gasteiger partial charge in [0.15, 0.2) is 0 Å². The van der Waals surface area contributed by atoms with Gasteiger partial charge in [0, 0.05) is 31.1 Å². The van der Waals surface area contributed by atoms with Gasteiger partial charge >= 0.3 is 5.97 Å². The molecule has 1 aromatic heterocycles. The maximum absolute atomic E-state index is 13.0. The molecule has 31 heavy (non-hydrogen) atoms. The quantitative estimate of drug-likeness (QED) is 0.656. The molecule has 2 aromatic rings. The van der Waals surface area contributed by atoms with E-state index in [0.717, 1.165) is 23.5 Å². The number of carbonyl (C=O) groups is 3. The Kier molecular flexibility index (Phi) is 6.62. The number of hydrogen-bond acceptors (Lipinski definition) is 7. The summed E-state index contributed by atoms with van der Waals surface area (Å²) < 4.78 is 10.2. The van der Waals surface area contributed by atoms with Gasteiger partial charge in [-0.2, -0.15) is 0 Å². The Bertz CT molecular complexity index is 976. The maximum atomic E-state index is 13.0. The Labute approximate surface area is 185 Å². The molecule has 1 fully saturated rings. The number of rotatable bonds is 5. The molecule has 0 unspecified atom stereocenters. The number of fused-ring (bicyclic) bond motifs is 1. The largest absolute Gasteiger partial charge is 0.463 e. The van der Waals surface area contributed by atoms with E-state index in [1.54, 1.807) is 17.0 Å². The van der Waals surface area contributed by atoms with Crippen LogP contribution < -0.4 is 4.90 Å².